The van der Waals surface area contributed by atoms with Crippen LogP contribution in [-0.4, -0.2) is 31.1 Å². The Kier molecular flexibility index (Phi) is 7.09. The molecule has 0 unspecified atom stereocenters. The third-order valence-electron chi connectivity index (χ3n) is 4.09. The number of thiophene rings is 1. The number of nitrogens with one attached hydrogen (secondary N) is 1. The maximum absolute atomic E-state index is 13.7. The monoisotopic (exact) mass is 445 g/mol. The molecule has 160 valence electrons. The lowest BCUT2D eigenvalue weighted by atomic mass is 10.0. The Bertz CT molecular complexity index is 1110. The van der Waals surface area contributed by atoms with Gasteiger partial charge in [-0.25, -0.2) is 18.4 Å². The van der Waals surface area contributed by atoms with Gasteiger partial charge in [-0.15, -0.1) is 11.3 Å². The zero-order chi connectivity index (χ0) is 22.4. The summed E-state index contributed by atoms with van der Waals surface area (Å²) in [7, 11) is 0. The van der Waals surface area contributed by atoms with Crippen LogP contribution >= 0.6 is 11.3 Å². The highest BCUT2D eigenvalue weighted by Gasteiger charge is 2.23. The van der Waals surface area contributed by atoms with Gasteiger partial charge in [-0.3, -0.25) is 4.79 Å². The third-order valence-corrected chi connectivity index (χ3v) is 4.99. The normalized spacial score (nSPS) is 10.4. The van der Waals surface area contributed by atoms with Crippen LogP contribution < -0.4 is 5.32 Å². The number of hydrogen-bond donors (Lipinski definition) is 1. The van der Waals surface area contributed by atoms with E-state index in [9.17, 15) is 23.2 Å². The second kappa shape index (κ2) is 9.94. The molecule has 6 nitrogen and oxygen atoms in total. The number of rotatable bonds is 7. The molecule has 0 saturated carbocycles. The van der Waals surface area contributed by atoms with Gasteiger partial charge in [0.15, 0.2) is 6.61 Å². The molecule has 1 heterocycles. The van der Waals surface area contributed by atoms with Crippen molar-refractivity contribution in [3.8, 4) is 11.1 Å². The Hall–Kier alpha value is -3.59. The van der Waals surface area contributed by atoms with Gasteiger partial charge in [0.2, 0.25) is 0 Å². The van der Waals surface area contributed by atoms with E-state index in [0.29, 0.717) is 11.6 Å². The summed E-state index contributed by atoms with van der Waals surface area (Å²) >= 11 is 1.11. The van der Waals surface area contributed by atoms with Gasteiger partial charge in [0.1, 0.15) is 22.2 Å². The zero-order valence-electron chi connectivity index (χ0n) is 16.3. The Morgan fingerprint density at radius 1 is 1.00 bits per heavy atom. The Morgan fingerprint density at radius 3 is 2.42 bits per heavy atom. The highest BCUT2D eigenvalue weighted by molar-refractivity contribution is 7.15. The highest BCUT2D eigenvalue weighted by Crippen LogP contribution is 2.36. The smallest absolute Gasteiger partial charge is 0.341 e. The first kappa shape index (κ1) is 22.1. The van der Waals surface area contributed by atoms with Gasteiger partial charge in [-0.1, -0.05) is 30.3 Å². The van der Waals surface area contributed by atoms with Crippen molar-refractivity contribution < 1.29 is 32.6 Å². The molecule has 0 bridgehead atoms. The summed E-state index contributed by atoms with van der Waals surface area (Å²) in [5.74, 6) is -4.40. The summed E-state index contributed by atoms with van der Waals surface area (Å²) in [4.78, 5) is 36.7. The molecule has 3 rings (SSSR count). The van der Waals surface area contributed by atoms with Crippen LogP contribution in [0.4, 0.5) is 13.8 Å². The third kappa shape index (κ3) is 5.32. The first-order chi connectivity index (χ1) is 14.9. The van der Waals surface area contributed by atoms with E-state index < -0.39 is 41.7 Å². The van der Waals surface area contributed by atoms with Crippen molar-refractivity contribution in [2.24, 2.45) is 0 Å². The molecular weight excluding hydrogens is 428 g/mol. The van der Waals surface area contributed by atoms with Gasteiger partial charge in [0.05, 0.1) is 12.2 Å². The minimum atomic E-state index is -1.12. The average molecular weight is 445 g/mol. The molecule has 9 heteroatoms. The van der Waals surface area contributed by atoms with Crippen molar-refractivity contribution in [1.29, 1.82) is 0 Å². The standard InChI is InChI=1S/C22H17F2NO5S/c1-2-29-22(28)19-16(13-6-4-3-5-7-13)12-31-20(19)25-18(26)11-30-21(27)15-9-8-14(23)10-17(15)24/h3-10,12H,2,11H2,1H3,(H,25,26). The van der Waals surface area contributed by atoms with Crippen molar-refractivity contribution in [3.63, 3.8) is 0 Å². The van der Waals surface area contributed by atoms with Crippen LogP contribution in [0.1, 0.15) is 27.6 Å². The number of carbonyl (C=O) groups is 3. The number of halogens is 2. The van der Waals surface area contributed by atoms with E-state index in [2.05, 4.69) is 5.32 Å². The molecule has 2 aromatic carbocycles. The van der Waals surface area contributed by atoms with Crippen molar-refractivity contribution in [1.82, 2.24) is 0 Å². The maximum atomic E-state index is 13.7. The Labute approximate surface area is 180 Å². The number of ether oxygens (including phenoxy) is 2. The largest absolute Gasteiger partial charge is 0.462 e. The van der Waals surface area contributed by atoms with E-state index in [1.807, 2.05) is 30.3 Å². The van der Waals surface area contributed by atoms with Crippen LogP contribution in [-0.2, 0) is 14.3 Å². The second-order valence-corrected chi connectivity index (χ2v) is 7.07. The van der Waals surface area contributed by atoms with E-state index in [1.165, 1.54) is 0 Å². The molecule has 0 aliphatic heterocycles. The number of benzene rings is 2. The molecule has 3 aromatic rings. The SMILES string of the molecule is CCOC(=O)c1c(-c2ccccc2)csc1NC(=O)COC(=O)c1ccc(F)cc1F. The first-order valence-electron chi connectivity index (χ1n) is 9.16. The fraction of sp³-hybridized carbons (Fsp3) is 0.136. The first-order valence-corrected chi connectivity index (χ1v) is 10.0. The summed E-state index contributed by atoms with van der Waals surface area (Å²) in [6, 6.07) is 11.5. The zero-order valence-corrected chi connectivity index (χ0v) is 17.1. The van der Waals surface area contributed by atoms with Crippen molar-refractivity contribution in [2.45, 2.75) is 6.92 Å². The van der Waals surface area contributed by atoms with Crippen LogP contribution in [0.5, 0.6) is 0 Å². The lowest BCUT2D eigenvalue weighted by Crippen LogP contribution is -2.22. The number of hydrogen-bond acceptors (Lipinski definition) is 6. The Morgan fingerprint density at radius 2 is 1.74 bits per heavy atom. The number of carbonyl (C=O) groups excluding carboxylic acids is 3. The number of esters is 2. The minimum absolute atomic E-state index is 0.150. The molecule has 0 aliphatic rings. The van der Waals surface area contributed by atoms with Crippen LogP contribution in [0.2, 0.25) is 0 Å². The predicted molar refractivity (Wildman–Crippen MR) is 111 cm³/mol. The minimum Gasteiger partial charge on any atom is -0.462 e. The number of anilines is 1. The molecule has 1 aromatic heterocycles. The lowest BCUT2D eigenvalue weighted by molar-refractivity contribution is -0.119. The fourth-order valence-corrected chi connectivity index (χ4v) is 3.69. The summed E-state index contributed by atoms with van der Waals surface area (Å²) < 4.78 is 36.5. The quantitative estimate of drug-likeness (QED) is 0.535. The van der Waals surface area contributed by atoms with Gasteiger partial charge in [-0.05, 0) is 24.6 Å². The second-order valence-electron chi connectivity index (χ2n) is 6.19. The predicted octanol–water partition coefficient (Wildman–Crippen LogP) is 4.67. The molecular formula is C22H17F2NO5S. The maximum Gasteiger partial charge on any atom is 0.341 e. The van der Waals surface area contributed by atoms with E-state index in [-0.39, 0.29) is 17.2 Å². The summed E-state index contributed by atoms with van der Waals surface area (Å²) in [5.41, 5.74) is 1.04. The molecule has 0 atom stereocenters. The summed E-state index contributed by atoms with van der Waals surface area (Å²) in [6.07, 6.45) is 0. The molecule has 0 saturated heterocycles. The van der Waals surface area contributed by atoms with Gasteiger partial charge < -0.3 is 14.8 Å². The molecule has 1 N–H and O–H groups in total. The van der Waals surface area contributed by atoms with E-state index in [0.717, 1.165) is 29.0 Å². The molecule has 31 heavy (non-hydrogen) atoms. The van der Waals surface area contributed by atoms with Crippen LogP contribution in [0.3, 0.4) is 0 Å². The Balaban J connectivity index is 1.74. The van der Waals surface area contributed by atoms with E-state index >= 15 is 0 Å². The van der Waals surface area contributed by atoms with Crippen molar-refractivity contribution >= 4 is 34.2 Å². The van der Waals surface area contributed by atoms with Crippen LogP contribution in [0.25, 0.3) is 11.1 Å². The van der Waals surface area contributed by atoms with E-state index in [1.54, 1.807) is 12.3 Å². The van der Waals surface area contributed by atoms with E-state index in [4.69, 9.17) is 9.47 Å². The van der Waals surface area contributed by atoms with Gasteiger partial charge in [0, 0.05) is 17.0 Å². The summed E-state index contributed by atoms with van der Waals surface area (Å²) in [5, 5.41) is 4.45. The topological polar surface area (TPSA) is 81.7 Å². The van der Waals surface area contributed by atoms with Crippen LogP contribution in [0.15, 0.2) is 53.9 Å². The van der Waals surface area contributed by atoms with Crippen molar-refractivity contribution in [2.75, 3.05) is 18.5 Å². The van der Waals surface area contributed by atoms with Gasteiger partial charge >= 0.3 is 11.9 Å². The molecule has 0 radical (unpaired) electrons. The average Bonchev–Trinajstić information content (AvgIpc) is 3.16. The molecule has 0 fully saturated rings. The molecule has 1 amide bonds. The lowest BCUT2D eigenvalue weighted by Gasteiger charge is -2.09. The van der Waals surface area contributed by atoms with Gasteiger partial charge in [0.25, 0.3) is 5.91 Å². The molecule has 0 aliphatic carbocycles. The summed E-state index contributed by atoms with van der Waals surface area (Å²) in [6.45, 7) is 1.09. The number of amides is 1. The fourth-order valence-electron chi connectivity index (χ4n) is 2.71. The van der Waals surface area contributed by atoms with Crippen molar-refractivity contribution in [3.05, 3.63) is 76.7 Å². The highest BCUT2D eigenvalue weighted by atomic mass is 32.1. The van der Waals surface area contributed by atoms with Gasteiger partial charge in [-0.2, -0.15) is 0 Å². The molecule has 0 spiro atoms. The van der Waals surface area contributed by atoms with Crippen LogP contribution in [0, 0.1) is 11.6 Å².